The Kier molecular flexibility index (Phi) is 12.7. The van der Waals surface area contributed by atoms with Crippen LogP contribution in [0.1, 0.15) is 37.7 Å². The number of aliphatic hydroxyl groups is 1. The number of nitrogens with one attached hydrogen (secondary N) is 2. The Balaban J connectivity index is 0.00000450. The summed E-state index contributed by atoms with van der Waals surface area (Å²) >= 11 is 0. The third kappa shape index (κ3) is 10.3. The van der Waals surface area contributed by atoms with E-state index in [1.807, 2.05) is 37.3 Å². The Morgan fingerprint density at radius 2 is 1.87 bits per heavy atom. The zero-order valence-electron chi connectivity index (χ0n) is 17.5. The monoisotopic (exact) mass is 542 g/mol. The molecule has 1 aliphatic rings. The Morgan fingerprint density at radius 3 is 2.43 bits per heavy atom. The molecule has 0 aliphatic carbocycles. The predicted octanol–water partition coefficient (Wildman–Crippen LogP) is 3.60. The van der Waals surface area contributed by atoms with Crippen LogP contribution in [0.4, 0.5) is 13.2 Å². The van der Waals surface area contributed by atoms with Crippen LogP contribution in [0, 0.1) is 5.92 Å². The van der Waals surface area contributed by atoms with Gasteiger partial charge in [0.2, 0.25) is 0 Å². The van der Waals surface area contributed by atoms with Crippen LogP contribution in [0.15, 0.2) is 35.3 Å². The lowest BCUT2D eigenvalue weighted by Gasteiger charge is -2.32. The maximum Gasteiger partial charge on any atom is 0.401 e. The normalized spacial score (nSPS) is 17.3. The number of hydrogen-bond donors (Lipinski definition) is 3. The Bertz CT molecular complexity index is 608. The zero-order chi connectivity index (χ0) is 21.1. The van der Waals surface area contributed by atoms with Gasteiger partial charge in [0.25, 0.3) is 0 Å². The minimum absolute atomic E-state index is 0. The van der Waals surface area contributed by atoms with Crippen molar-refractivity contribution in [3.8, 4) is 0 Å². The molecule has 30 heavy (non-hydrogen) atoms. The highest BCUT2D eigenvalue weighted by Gasteiger charge is 2.32. The summed E-state index contributed by atoms with van der Waals surface area (Å²) in [5, 5.41) is 16.2. The number of likely N-dealkylation sites (tertiary alicyclic amines) is 1. The van der Waals surface area contributed by atoms with Gasteiger partial charge in [0, 0.05) is 19.0 Å². The fourth-order valence-corrected chi connectivity index (χ4v) is 3.62. The fourth-order valence-electron chi connectivity index (χ4n) is 3.62. The van der Waals surface area contributed by atoms with E-state index < -0.39 is 12.7 Å². The standard InChI is InChI=1S/C21H33F3N4O.HI/c1-2-25-20(27-14-19(15-29)18-6-4-3-5-7-18)26-11-8-17-9-12-28(13-10-17)16-21(22,23)24;/h3-7,17,19,29H,2,8-16H2,1H3,(H2,25,26,27);1H. The van der Waals surface area contributed by atoms with E-state index in [4.69, 9.17) is 0 Å². The molecule has 3 N–H and O–H groups in total. The van der Waals surface area contributed by atoms with Gasteiger partial charge in [0.05, 0.1) is 19.7 Å². The molecule has 9 heteroatoms. The highest BCUT2D eigenvalue weighted by molar-refractivity contribution is 14.0. The number of guanidine groups is 1. The average molecular weight is 542 g/mol. The van der Waals surface area contributed by atoms with E-state index in [-0.39, 0.29) is 36.5 Å². The van der Waals surface area contributed by atoms with Gasteiger partial charge >= 0.3 is 6.18 Å². The molecule has 0 spiro atoms. The molecule has 2 rings (SSSR count). The van der Waals surface area contributed by atoms with Crippen molar-refractivity contribution in [1.29, 1.82) is 0 Å². The van der Waals surface area contributed by atoms with E-state index in [9.17, 15) is 18.3 Å². The van der Waals surface area contributed by atoms with Crippen molar-refractivity contribution in [3.63, 3.8) is 0 Å². The molecule has 1 unspecified atom stereocenters. The minimum Gasteiger partial charge on any atom is -0.396 e. The van der Waals surface area contributed by atoms with Gasteiger partial charge in [-0.05, 0) is 50.8 Å². The maximum atomic E-state index is 12.5. The number of rotatable bonds is 9. The first-order valence-electron chi connectivity index (χ1n) is 10.4. The summed E-state index contributed by atoms with van der Waals surface area (Å²) in [6.07, 6.45) is -1.61. The highest BCUT2D eigenvalue weighted by atomic mass is 127. The Hall–Kier alpha value is -1.07. The third-order valence-corrected chi connectivity index (χ3v) is 5.26. The molecule has 1 atom stereocenters. The number of alkyl halides is 3. The van der Waals surface area contributed by atoms with Crippen molar-refractivity contribution in [2.75, 3.05) is 45.9 Å². The van der Waals surface area contributed by atoms with Crippen LogP contribution in [0.5, 0.6) is 0 Å². The largest absolute Gasteiger partial charge is 0.401 e. The minimum atomic E-state index is -4.11. The maximum absolute atomic E-state index is 12.5. The van der Waals surface area contributed by atoms with Crippen LogP contribution in [-0.4, -0.2) is 68.0 Å². The summed E-state index contributed by atoms with van der Waals surface area (Å²) in [5.41, 5.74) is 1.06. The van der Waals surface area contributed by atoms with E-state index in [1.165, 1.54) is 4.90 Å². The van der Waals surface area contributed by atoms with Gasteiger partial charge in [-0.3, -0.25) is 9.89 Å². The third-order valence-electron chi connectivity index (χ3n) is 5.26. The summed E-state index contributed by atoms with van der Waals surface area (Å²) < 4.78 is 37.4. The summed E-state index contributed by atoms with van der Waals surface area (Å²) in [4.78, 5) is 6.09. The van der Waals surface area contributed by atoms with Crippen molar-refractivity contribution in [1.82, 2.24) is 15.5 Å². The van der Waals surface area contributed by atoms with Gasteiger partial charge in [-0.25, -0.2) is 0 Å². The number of nitrogens with zero attached hydrogens (tertiary/aromatic N) is 2. The second kappa shape index (κ2) is 14.1. The van der Waals surface area contributed by atoms with E-state index >= 15 is 0 Å². The molecule has 5 nitrogen and oxygen atoms in total. The second-order valence-corrected chi connectivity index (χ2v) is 7.56. The van der Waals surface area contributed by atoms with Crippen LogP contribution in [-0.2, 0) is 0 Å². The molecule has 1 aliphatic heterocycles. The van der Waals surface area contributed by atoms with Gasteiger partial charge in [-0.2, -0.15) is 13.2 Å². The van der Waals surface area contributed by atoms with Crippen LogP contribution in [0.3, 0.4) is 0 Å². The van der Waals surface area contributed by atoms with Gasteiger partial charge in [0.1, 0.15) is 0 Å². The van der Waals surface area contributed by atoms with Gasteiger partial charge in [0.15, 0.2) is 5.96 Å². The molecule has 1 aromatic rings. The number of piperidine rings is 1. The molecule has 172 valence electrons. The second-order valence-electron chi connectivity index (χ2n) is 7.56. The zero-order valence-corrected chi connectivity index (χ0v) is 19.8. The van der Waals surface area contributed by atoms with E-state index in [1.54, 1.807) is 0 Å². The van der Waals surface area contributed by atoms with E-state index in [0.717, 1.165) is 37.9 Å². The van der Waals surface area contributed by atoms with Crippen LogP contribution in [0.2, 0.25) is 0 Å². The average Bonchev–Trinajstić information content (AvgIpc) is 2.69. The van der Waals surface area contributed by atoms with E-state index in [0.29, 0.717) is 31.5 Å². The van der Waals surface area contributed by atoms with E-state index in [2.05, 4.69) is 15.6 Å². The number of halogens is 4. The predicted molar refractivity (Wildman–Crippen MR) is 126 cm³/mol. The molecule has 1 fully saturated rings. The van der Waals surface area contributed by atoms with Gasteiger partial charge < -0.3 is 15.7 Å². The molecule has 0 bridgehead atoms. The smallest absolute Gasteiger partial charge is 0.396 e. The quantitative estimate of drug-likeness (QED) is 0.254. The molecular weight excluding hydrogens is 508 g/mol. The van der Waals surface area contributed by atoms with Gasteiger partial charge in [-0.15, -0.1) is 24.0 Å². The lowest BCUT2D eigenvalue weighted by molar-refractivity contribution is -0.148. The Labute approximate surface area is 194 Å². The SMILES string of the molecule is CCNC(=NCC(CO)c1ccccc1)NCCC1CCN(CC(F)(F)F)CC1.I. The summed E-state index contributed by atoms with van der Waals surface area (Å²) in [7, 11) is 0. The van der Waals surface area contributed by atoms with Crippen molar-refractivity contribution in [2.24, 2.45) is 10.9 Å². The van der Waals surface area contributed by atoms with Crippen molar-refractivity contribution < 1.29 is 18.3 Å². The first-order chi connectivity index (χ1) is 13.9. The van der Waals surface area contributed by atoms with Crippen LogP contribution in [0.25, 0.3) is 0 Å². The molecule has 1 heterocycles. The molecule has 0 amide bonds. The number of aliphatic hydroxyl groups excluding tert-OH is 1. The fraction of sp³-hybridized carbons (Fsp3) is 0.667. The molecule has 1 saturated heterocycles. The number of hydrogen-bond acceptors (Lipinski definition) is 3. The highest BCUT2D eigenvalue weighted by Crippen LogP contribution is 2.24. The van der Waals surface area contributed by atoms with Crippen molar-refractivity contribution in [2.45, 2.75) is 38.3 Å². The summed E-state index contributed by atoms with van der Waals surface area (Å²) in [5.74, 6) is 1.09. The Morgan fingerprint density at radius 1 is 1.20 bits per heavy atom. The van der Waals surface area contributed by atoms with Crippen molar-refractivity contribution >= 4 is 29.9 Å². The van der Waals surface area contributed by atoms with Crippen molar-refractivity contribution in [3.05, 3.63) is 35.9 Å². The summed E-state index contributed by atoms with van der Waals surface area (Å²) in [6, 6.07) is 9.82. The molecule has 0 aromatic heterocycles. The first-order valence-corrected chi connectivity index (χ1v) is 10.4. The topological polar surface area (TPSA) is 59.9 Å². The molecule has 0 saturated carbocycles. The van der Waals surface area contributed by atoms with Gasteiger partial charge in [-0.1, -0.05) is 30.3 Å². The van der Waals surface area contributed by atoms with Crippen LogP contribution >= 0.6 is 24.0 Å². The first kappa shape index (κ1) is 27.0. The molecule has 1 aromatic carbocycles. The number of benzene rings is 1. The lowest BCUT2D eigenvalue weighted by Crippen LogP contribution is -2.41. The summed E-state index contributed by atoms with van der Waals surface area (Å²) in [6.45, 7) is 4.18. The van der Waals surface area contributed by atoms with Crippen LogP contribution < -0.4 is 10.6 Å². The molecular formula is C21H34F3IN4O. The number of aliphatic imine (C=N–C) groups is 1. The molecule has 0 radical (unpaired) electrons. The lowest BCUT2D eigenvalue weighted by atomic mass is 9.93.